The molecule has 20 heavy (non-hydrogen) atoms. The number of nitrogens with one attached hydrogen (secondary N) is 1. The highest BCUT2D eigenvalue weighted by Gasteiger charge is 2.03. The predicted molar refractivity (Wildman–Crippen MR) is 76.8 cm³/mol. The number of amides is 1. The second-order valence-corrected chi connectivity index (χ2v) is 4.23. The standard InChI is InChI=1S/C16H17NO3/c1-19-14-7-9-15(10-8-14)20-12-16(18)17-11-13-5-3-2-4-6-13/h2-10H,11-12H2,1H3,(H,17,18). The molecule has 104 valence electrons. The summed E-state index contributed by atoms with van der Waals surface area (Å²) in [5, 5.41) is 2.80. The van der Waals surface area contributed by atoms with Gasteiger partial charge < -0.3 is 14.8 Å². The summed E-state index contributed by atoms with van der Waals surface area (Å²) < 4.78 is 10.4. The fourth-order valence-corrected chi connectivity index (χ4v) is 1.67. The molecule has 0 aliphatic heterocycles. The zero-order chi connectivity index (χ0) is 14.2. The van der Waals surface area contributed by atoms with Gasteiger partial charge in [-0.1, -0.05) is 30.3 Å². The van der Waals surface area contributed by atoms with Crippen molar-refractivity contribution in [2.75, 3.05) is 13.7 Å². The van der Waals surface area contributed by atoms with Crippen LogP contribution in [0.15, 0.2) is 54.6 Å². The zero-order valence-electron chi connectivity index (χ0n) is 11.3. The van der Waals surface area contributed by atoms with Crippen molar-refractivity contribution in [2.45, 2.75) is 6.54 Å². The number of ether oxygens (including phenoxy) is 2. The third-order valence-electron chi connectivity index (χ3n) is 2.76. The first-order valence-electron chi connectivity index (χ1n) is 6.35. The summed E-state index contributed by atoms with van der Waals surface area (Å²) in [7, 11) is 1.60. The number of hydrogen-bond donors (Lipinski definition) is 1. The van der Waals surface area contributed by atoms with Gasteiger partial charge in [0, 0.05) is 6.54 Å². The van der Waals surface area contributed by atoms with Crippen molar-refractivity contribution >= 4 is 5.91 Å². The normalized spacial score (nSPS) is 9.85. The molecule has 0 aliphatic rings. The largest absolute Gasteiger partial charge is 0.497 e. The monoisotopic (exact) mass is 271 g/mol. The minimum Gasteiger partial charge on any atom is -0.497 e. The van der Waals surface area contributed by atoms with Gasteiger partial charge in [0.05, 0.1) is 7.11 Å². The predicted octanol–water partition coefficient (Wildman–Crippen LogP) is 2.39. The van der Waals surface area contributed by atoms with E-state index in [1.807, 2.05) is 30.3 Å². The van der Waals surface area contributed by atoms with E-state index in [4.69, 9.17) is 9.47 Å². The highest BCUT2D eigenvalue weighted by molar-refractivity contribution is 5.77. The number of benzene rings is 2. The van der Waals surface area contributed by atoms with Crippen molar-refractivity contribution in [3.63, 3.8) is 0 Å². The molecule has 0 fully saturated rings. The van der Waals surface area contributed by atoms with Crippen LogP contribution in [0.25, 0.3) is 0 Å². The number of carbonyl (C=O) groups is 1. The molecule has 4 nitrogen and oxygen atoms in total. The first-order chi connectivity index (χ1) is 9.78. The lowest BCUT2D eigenvalue weighted by Crippen LogP contribution is -2.28. The van der Waals surface area contributed by atoms with Crippen LogP contribution in [0, 0.1) is 0 Å². The summed E-state index contributed by atoms with van der Waals surface area (Å²) in [6.07, 6.45) is 0. The van der Waals surface area contributed by atoms with Crippen LogP contribution in [-0.2, 0) is 11.3 Å². The number of rotatable bonds is 6. The molecule has 0 bridgehead atoms. The van der Waals surface area contributed by atoms with Crippen LogP contribution in [0.3, 0.4) is 0 Å². The van der Waals surface area contributed by atoms with Gasteiger partial charge in [0.25, 0.3) is 5.91 Å². The molecule has 2 aromatic rings. The van der Waals surface area contributed by atoms with Gasteiger partial charge in [-0.15, -0.1) is 0 Å². The van der Waals surface area contributed by atoms with Gasteiger partial charge in [-0.2, -0.15) is 0 Å². The summed E-state index contributed by atoms with van der Waals surface area (Å²) in [6, 6.07) is 16.9. The van der Waals surface area contributed by atoms with Gasteiger partial charge in [-0.25, -0.2) is 0 Å². The Labute approximate surface area is 118 Å². The maximum absolute atomic E-state index is 11.7. The van der Waals surface area contributed by atoms with E-state index in [2.05, 4.69) is 5.32 Å². The van der Waals surface area contributed by atoms with Gasteiger partial charge >= 0.3 is 0 Å². The van der Waals surface area contributed by atoms with Crippen LogP contribution >= 0.6 is 0 Å². The third-order valence-corrected chi connectivity index (χ3v) is 2.76. The van der Waals surface area contributed by atoms with Gasteiger partial charge in [-0.05, 0) is 29.8 Å². The van der Waals surface area contributed by atoms with Gasteiger partial charge in [-0.3, -0.25) is 4.79 Å². The lowest BCUT2D eigenvalue weighted by Gasteiger charge is -2.08. The smallest absolute Gasteiger partial charge is 0.258 e. The molecule has 2 rings (SSSR count). The summed E-state index contributed by atoms with van der Waals surface area (Å²) in [6.45, 7) is 0.505. The van der Waals surface area contributed by atoms with Crippen molar-refractivity contribution in [3.05, 3.63) is 60.2 Å². The molecule has 0 aromatic heterocycles. The van der Waals surface area contributed by atoms with Gasteiger partial charge in [0.1, 0.15) is 11.5 Å². The Hall–Kier alpha value is -2.49. The van der Waals surface area contributed by atoms with E-state index in [1.165, 1.54) is 0 Å². The molecule has 0 spiro atoms. The maximum atomic E-state index is 11.7. The topological polar surface area (TPSA) is 47.6 Å². The van der Waals surface area contributed by atoms with E-state index in [-0.39, 0.29) is 12.5 Å². The summed E-state index contributed by atoms with van der Waals surface area (Å²) in [4.78, 5) is 11.7. The molecule has 4 heteroatoms. The first kappa shape index (κ1) is 13.9. The first-order valence-corrected chi connectivity index (χ1v) is 6.35. The van der Waals surface area contributed by atoms with Crippen LogP contribution in [0.4, 0.5) is 0 Å². The molecular weight excluding hydrogens is 254 g/mol. The van der Waals surface area contributed by atoms with Crippen molar-refractivity contribution in [1.29, 1.82) is 0 Å². The Morgan fingerprint density at radius 3 is 2.30 bits per heavy atom. The quantitative estimate of drug-likeness (QED) is 0.877. The molecule has 1 N–H and O–H groups in total. The molecule has 2 aromatic carbocycles. The SMILES string of the molecule is COc1ccc(OCC(=O)NCc2ccccc2)cc1. The van der Waals surface area contributed by atoms with E-state index >= 15 is 0 Å². The average molecular weight is 271 g/mol. The second kappa shape index (κ2) is 7.19. The molecule has 0 heterocycles. The lowest BCUT2D eigenvalue weighted by atomic mass is 10.2. The highest BCUT2D eigenvalue weighted by Crippen LogP contribution is 2.16. The zero-order valence-corrected chi connectivity index (χ0v) is 11.3. The molecule has 0 radical (unpaired) electrons. The Kier molecular flexibility index (Phi) is 5.00. The van der Waals surface area contributed by atoms with E-state index in [0.717, 1.165) is 11.3 Å². The number of methoxy groups -OCH3 is 1. The van der Waals surface area contributed by atoms with Crippen LogP contribution in [-0.4, -0.2) is 19.6 Å². The fraction of sp³-hybridized carbons (Fsp3) is 0.188. The van der Waals surface area contributed by atoms with Crippen molar-refractivity contribution in [3.8, 4) is 11.5 Å². The van der Waals surface area contributed by atoms with Crippen LogP contribution in [0.5, 0.6) is 11.5 Å². The Bertz CT molecular complexity index is 537. The summed E-state index contributed by atoms with van der Waals surface area (Å²) >= 11 is 0. The molecule has 0 atom stereocenters. The maximum Gasteiger partial charge on any atom is 0.258 e. The average Bonchev–Trinajstić information content (AvgIpc) is 2.52. The number of carbonyl (C=O) groups excluding carboxylic acids is 1. The molecule has 1 amide bonds. The van der Waals surface area contributed by atoms with Crippen LogP contribution in [0.2, 0.25) is 0 Å². The lowest BCUT2D eigenvalue weighted by molar-refractivity contribution is -0.123. The molecule has 0 saturated heterocycles. The summed E-state index contributed by atoms with van der Waals surface area (Å²) in [5.41, 5.74) is 1.06. The van der Waals surface area contributed by atoms with E-state index in [1.54, 1.807) is 31.4 Å². The van der Waals surface area contributed by atoms with E-state index in [0.29, 0.717) is 12.3 Å². The fourth-order valence-electron chi connectivity index (χ4n) is 1.67. The van der Waals surface area contributed by atoms with E-state index in [9.17, 15) is 4.79 Å². The molecular formula is C16H17NO3. The Morgan fingerprint density at radius 1 is 1.00 bits per heavy atom. The highest BCUT2D eigenvalue weighted by atomic mass is 16.5. The van der Waals surface area contributed by atoms with Crippen LogP contribution in [0.1, 0.15) is 5.56 Å². The van der Waals surface area contributed by atoms with Gasteiger partial charge in [0.2, 0.25) is 0 Å². The Morgan fingerprint density at radius 2 is 1.65 bits per heavy atom. The molecule has 0 saturated carbocycles. The van der Waals surface area contributed by atoms with Crippen molar-refractivity contribution in [1.82, 2.24) is 5.32 Å². The van der Waals surface area contributed by atoms with Gasteiger partial charge in [0.15, 0.2) is 6.61 Å². The van der Waals surface area contributed by atoms with E-state index < -0.39 is 0 Å². The number of hydrogen-bond acceptors (Lipinski definition) is 3. The second-order valence-electron chi connectivity index (χ2n) is 4.23. The minimum atomic E-state index is -0.148. The van der Waals surface area contributed by atoms with Crippen molar-refractivity contribution < 1.29 is 14.3 Å². The molecule has 0 unspecified atom stereocenters. The molecule has 0 aliphatic carbocycles. The summed E-state index contributed by atoms with van der Waals surface area (Å²) in [5.74, 6) is 1.25. The van der Waals surface area contributed by atoms with Crippen molar-refractivity contribution in [2.24, 2.45) is 0 Å². The Balaban J connectivity index is 1.74. The minimum absolute atomic E-state index is 0.000831. The van der Waals surface area contributed by atoms with Crippen LogP contribution < -0.4 is 14.8 Å². The third kappa shape index (κ3) is 4.31.